The topological polar surface area (TPSA) is 115 Å². The summed E-state index contributed by atoms with van der Waals surface area (Å²) in [5.74, 6) is 0.127. The summed E-state index contributed by atoms with van der Waals surface area (Å²) in [6.45, 7) is 0. The first-order valence-corrected chi connectivity index (χ1v) is 7.61. The quantitative estimate of drug-likeness (QED) is 0.727. The second-order valence-corrected chi connectivity index (χ2v) is 6.29. The van der Waals surface area contributed by atoms with E-state index >= 15 is 0 Å². The largest absolute Gasteiger partial charge is 0.368 e. The van der Waals surface area contributed by atoms with Crippen LogP contribution < -0.4 is 5.73 Å². The van der Waals surface area contributed by atoms with Crippen LogP contribution in [-0.4, -0.2) is 34.6 Å². The Morgan fingerprint density at radius 1 is 1.20 bits per heavy atom. The summed E-state index contributed by atoms with van der Waals surface area (Å²) in [4.78, 5) is 15.2. The number of rotatable bonds is 2. The Kier molecular flexibility index (Phi) is 2.68. The molecule has 0 bridgehead atoms. The van der Waals surface area contributed by atoms with E-state index < -0.39 is 9.84 Å². The molecule has 3 N–H and O–H groups in total. The minimum absolute atomic E-state index is 0.127. The predicted molar refractivity (Wildman–Crippen MR) is 74.6 cm³/mol. The standard InChI is InChI=1S/C12H11N5O2S/c1-20(18,19)9-3-5-14-11-10(9)7(6-16-11)8-2-4-15-12(13)17-8/h2-6H,1H3,(H,14,16)(H2,13,15,17). The maximum absolute atomic E-state index is 11.9. The van der Waals surface area contributed by atoms with E-state index in [2.05, 4.69) is 19.9 Å². The Balaban J connectivity index is 2.39. The Hall–Kier alpha value is -2.48. The summed E-state index contributed by atoms with van der Waals surface area (Å²) >= 11 is 0. The Labute approximate surface area is 114 Å². The number of nitrogen functional groups attached to an aromatic ring is 1. The molecule has 0 unspecified atom stereocenters. The van der Waals surface area contributed by atoms with Crippen LogP contribution in [0.2, 0.25) is 0 Å². The number of hydrogen-bond acceptors (Lipinski definition) is 6. The fraction of sp³-hybridized carbons (Fsp3) is 0.0833. The Morgan fingerprint density at radius 2 is 1.95 bits per heavy atom. The molecule has 0 fully saturated rings. The van der Waals surface area contributed by atoms with Crippen molar-refractivity contribution in [1.82, 2.24) is 19.9 Å². The van der Waals surface area contributed by atoms with Gasteiger partial charge in [0.2, 0.25) is 5.95 Å². The maximum atomic E-state index is 11.9. The van der Waals surface area contributed by atoms with Gasteiger partial charge in [0.1, 0.15) is 5.65 Å². The number of nitrogens with one attached hydrogen (secondary N) is 1. The normalized spacial score (nSPS) is 11.8. The van der Waals surface area contributed by atoms with Crippen LogP contribution in [0.3, 0.4) is 0 Å². The number of H-pyrrole nitrogens is 1. The van der Waals surface area contributed by atoms with Gasteiger partial charge in [0.25, 0.3) is 0 Å². The lowest BCUT2D eigenvalue weighted by Gasteiger charge is -2.04. The number of fused-ring (bicyclic) bond motifs is 1. The smallest absolute Gasteiger partial charge is 0.220 e. The van der Waals surface area contributed by atoms with E-state index in [1.807, 2.05) is 0 Å². The van der Waals surface area contributed by atoms with Gasteiger partial charge in [0.15, 0.2) is 9.84 Å². The molecule has 20 heavy (non-hydrogen) atoms. The SMILES string of the molecule is CS(=O)(=O)c1ccnc2[nH]cc(-c3ccnc(N)n3)c12. The van der Waals surface area contributed by atoms with E-state index in [1.54, 1.807) is 12.3 Å². The molecule has 7 nitrogen and oxygen atoms in total. The molecule has 0 spiro atoms. The number of sulfone groups is 1. The summed E-state index contributed by atoms with van der Waals surface area (Å²) in [6, 6.07) is 3.14. The van der Waals surface area contributed by atoms with Crippen LogP contribution in [0.4, 0.5) is 5.95 Å². The molecular formula is C12H11N5O2S. The highest BCUT2D eigenvalue weighted by Crippen LogP contribution is 2.31. The van der Waals surface area contributed by atoms with Crippen molar-refractivity contribution in [3.05, 3.63) is 30.7 Å². The molecule has 0 aliphatic rings. The van der Waals surface area contributed by atoms with Gasteiger partial charge in [-0.15, -0.1) is 0 Å². The third-order valence-electron chi connectivity index (χ3n) is 2.88. The monoisotopic (exact) mass is 289 g/mol. The molecule has 0 atom stereocenters. The summed E-state index contributed by atoms with van der Waals surface area (Å²) in [5, 5.41) is 0.508. The van der Waals surface area contributed by atoms with Gasteiger partial charge in [-0.05, 0) is 12.1 Å². The number of anilines is 1. The van der Waals surface area contributed by atoms with E-state index in [9.17, 15) is 8.42 Å². The average Bonchev–Trinajstić information content (AvgIpc) is 2.81. The van der Waals surface area contributed by atoms with Crippen molar-refractivity contribution in [2.24, 2.45) is 0 Å². The van der Waals surface area contributed by atoms with Crippen LogP contribution in [0.25, 0.3) is 22.3 Å². The minimum atomic E-state index is -3.37. The van der Waals surface area contributed by atoms with Crippen molar-refractivity contribution in [2.75, 3.05) is 12.0 Å². The van der Waals surface area contributed by atoms with Crippen molar-refractivity contribution >= 4 is 26.8 Å². The van der Waals surface area contributed by atoms with Gasteiger partial charge in [0.05, 0.1) is 10.6 Å². The molecule has 0 aromatic carbocycles. The van der Waals surface area contributed by atoms with Gasteiger partial charge in [0, 0.05) is 35.8 Å². The summed E-state index contributed by atoms with van der Waals surface area (Å²) in [7, 11) is -3.37. The van der Waals surface area contributed by atoms with Crippen LogP contribution in [-0.2, 0) is 9.84 Å². The first-order valence-electron chi connectivity index (χ1n) is 5.72. The summed E-state index contributed by atoms with van der Waals surface area (Å²) in [5.41, 5.74) is 7.22. The maximum Gasteiger partial charge on any atom is 0.220 e. The molecule has 3 aromatic rings. The fourth-order valence-electron chi connectivity index (χ4n) is 2.06. The van der Waals surface area contributed by atoms with Crippen LogP contribution >= 0.6 is 0 Å². The highest BCUT2D eigenvalue weighted by molar-refractivity contribution is 7.91. The Bertz CT molecular complexity index is 901. The highest BCUT2D eigenvalue weighted by Gasteiger charge is 2.18. The zero-order valence-corrected chi connectivity index (χ0v) is 11.3. The first kappa shape index (κ1) is 12.5. The lowest BCUT2D eigenvalue weighted by atomic mass is 10.1. The molecule has 102 valence electrons. The van der Waals surface area contributed by atoms with Gasteiger partial charge >= 0.3 is 0 Å². The number of aromatic nitrogens is 4. The average molecular weight is 289 g/mol. The van der Waals surface area contributed by atoms with Crippen molar-refractivity contribution in [2.45, 2.75) is 4.90 Å². The van der Waals surface area contributed by atoms with Gasteiger partial charge in [-0.25, -0.2) is 23.4 Å². The third kappa shape index (κ3) is 1.99. The van der Waals surface area contributed by atoms with Crippen molar-refractivity contribution in [3.63, 3.8) is 0 Å². The highest BCUT2D eigenvalue weighted by atomic mass is 32.2. The van der Waals surface area contributed by atoms with Gasteiger partial charge < -0.3 is 10.7 Å². The van der Waals surface area contributed by atoms with Crippen LogP contribution in [0, 0.1) is 0 Å². The van der Waals surface area contributed by atoms with Crippen LogP contribution in [0.1, 0.15) is 0 Å². The second-order valence-electron chi connectivity index (χ2n) is 4.31. The zero-order valence-electron chi connectivity index (χ0n) is 10.5. The number of nitrogens with two attached hydrogens (primary N) is 1. The molecule has 0 aliphatic heterocycles. The number of hydrogen-bond donors (Lipinski definition) is 2. The molecule has 0 saturated heterocycles. The van der Waals surface area contributed by atoms with E-state index in [0.717, 1.165) is 6.26 Å². The zero-order chi connectivity index (χ0) is 14.3. The van der Waals surface area contributed by atoms with Crippen molar-refractivity contribution < 1.29 is 8.42 Å². The number of nitrogens with zero attached hydrogens (tertiary/aromatic N) is 3. The number of pyridine rings is 1. The lowest BCUT2D eigenvalue weighted by Crippen LogP contribution is -1.99. The molecule has 3 aromatic heterocycles. The lowest BCUT2D eigenvalue weighted by molar-refractivity contribution is 0.602. The van der Waals surface area contributed by atoms with Crippen LogP contribution in [0.5, 0.6) is 0 Å². The van der Waals surface area contributed by atoms with Gasteiger partial charge in [-0.3, -0.25) is 0 Å². The molecule has 0 saturated carbocycles. The summed E-state index contributed by atoms with van der Waals surface area (Å²) in [6.07, 6.45) is 5.79. The van der Waals surface area contributed by atoms with E-state index in [0.29, 0.717) is 22.3 Å². The van der Waals surface area contributed by atoms with Crippen molar-refractivity contribution in [3.8, 4) is 11.3 Å². The predicted octanol–water partition coefficient (Wildman–Crippen LogP) is 1.01. The summed E-state index contributed by atoms with van der Waals surface area (Å²) < 4.78 is 23.8. The molecular weight excluding hydrogens is 278 g/mol. The molecule has 0 amide bonds. The molecule has 0 radical (unpaired) electrons. The van der Waals surface area contributed by atoms with Gasteiger partial charge in [-0.1, -0.05) is 0 Å². The van der Waals surface area contributed by atoms with E-state index in [4.69, 9.17) is 5.73 Å². The minimum Gasteiger partial charge on any atom is -0.368 e. The third-order valence-corrected chi connectivity index (χ3v) is 4.02. The second kappa shape index (κ2) is 4.27. The molecule has 3 heterocycles. The van der Waals surface area contributed by atoms with E-state index in [1.165, 1.54) is 18.5 Å². The number of aromatic amines is 1. The molecule has 0 aliphatic carbocycles. The molecule has 8 heteroatoms. The molecule has 3 rings (SSSR count). The Morgan fingerprint density at radius 3 is 2.65 bits per heavy atom. The van der Waals surface area contributed by atoms with Crippen LogP contribution in [0.15, 0.2) is 35.6 Å². The van der Waals surface area contributed by atoms with E-state index in [-0.39, 0.29) is 10.8 Å². The van der Waals surface area contributed by atoms with Crippen molar-refractivity contribution in [1.29, 1.82) is 0 Å². The fourth-order valence-corrected chi connectivity index (χ4v) is 2.95. The first-order chi connectivity index (χ1) is 9.47. The van der Waals surface area contributed by atoms with Gasteiger partial charge in [-0.2, -0.15) is 0 Å².